The molecule has 0 spiro atoms. The lowest BCUT2D eigenvalue weighted by Gasteiger charge is -2.38. The number of hydrogen-bond acceptors (Lipinski definition) is 6. The number of pyridine rings is 1. The summed E-state index contributed by atoms with van der Waals surface area (Å²) in [7, 11) is 0. The van der Waals surface area contributed by atoms with Crippen molar-refractivity contribution in [3.05, 3.63) is 72.1 Å². The van der Waals surface area contributed by atoms with Gasteiger partial charge in [0.05, 0.1) is 18.3 Å². The smallest absolute Gasteiger partial charge is 0.236 e. The van der Waals surface area contributed by atoms with Crippen LogP contribution in [0, 0.1) is 11.8 Å². The predicted molar refractivity (Wildman–Crippen MR) is 139 cm³/mol. The van der Waals surface area contributed by atoms with Crippen LogP contribution < -0.4 is 4.74 Å². The Labute approximate surface area is 218 Å². The number of likely N-dealkylation sites (tertiary alicyclic amines) is 1. The number of aliphatic hydroxyl groups is 1. The zero-order chi connectivity index (χ0) is 25.6. The van der Waals surface area contributed by atoms with Crippen LogP contribution in [0.2, 0.25) is 0 Å². The van der Waals surface area contributed by atoms with Crippen LogP contribution in [0.1, 0.15) is 30.5 Å². The van der Waals surface area contributed by atoms with Gasteiger partial charge in [-0.25, -0.2) is 0 Å². The van der Waals surface area contributed by atoms with Gasteiger partial charge < -0.3 is 19.6 Å². The number of para-hydroxylation sites is 1. The molecule has 1 aromatic heterocycles. The van der Waals surface area contributed by atoms with Gasteiger partial charge in [0.15, 0.2) is 0 Å². The molecule has 1 N–H and O–H groups in total. The van der Waals surface area contributed by atoms with Crippen molar-refractivity contribution in [2.75, 3.05) is 39.3 Å². The van der Waals surface area contributed by atoms with Crippen LogP contribution in [0.25, 0.3) is 0 Å². The number of aromatic nitrogens is 1. The molecule has 0 aliphatic carbocycles. The van der Waals surface area contributed by atoms with Gasteiger partial charge in [-0.3, -0.25) is 19.5 Å². The number of aliphatic hydroxyl groups excluding tert-OH is 1. The third-order valence-corrected chi connectivity index (χ3v) is 7.67. The van der Waals surface area contributed by atoms with E-state index < -0.39 is 6.10 Å². The Bertz CT molecular complexity index is 1110. The first kappa shape index (κ1) is 25.4. The molecule has 2 saturated heterocycles. The van der Waals surface area contributed by atoms with E-state index >= 15 is 0 Å². The van der Waals surface area contributed by atoms with Gasteiger partial charge in [0, 0.05) is 57.4 Å². The van der Waals surface area contributed by atoms with Crippen LogP contribution >= 0.6 is 0 Å². The molecule has 196 valence electrons. The van der Waals surface area contributed by atoms with Crippen molar-refractivity contribution in [1.29, 1.82) is 0 Å². The second kappa shape index (κ2) is 11.9. The highest BCUT2D eigenvalue weighted by atomic mass is 16.5. The molecule has 2 amide bonds. The maximum Gasteiger partial charge on any atom is 0.236 e. The van der Waals surface area contributed by atoms with Gasteiger partial charge in [0.1, 0.15) is 12.4 Å². The van der Waals surface area contributed by atoms with E-state index in [0.717, 1.165) is 23.4 Å². The van der Waals surface area contributed by atoms with Gasteiger partial charge >= 0.3 is 0 Å². The number of benzene rings is 1. The van der Waals surface area contributed by atoms with Crippen LogP contribution in [0.5, 0.6) is 5.75 Å². The average Bonchev–Trinajstić information content (AvgIpc) is 3.35. The van der Waals surface area contributed by atoms with Gasteiger partial charge in [-0.05, 0) is 42.9 Å². The van der Waals surface area contributed by atoms with E-state index in [1.807, 2.05) is 53.4 Å². The number of hydrogen-bond donors (Lipinski definition) is 1. The topological polar surface area (TPSA) is 86.2 Å². The highest BCUT2D eigenvalue weighted by Crippen LogP contribution is 2.30. The van der Waals surface area contributed by atoms with E-state index in [1.165, 1.54) is 0 Å². The predicted octanol–water partition coefficient (Wildman–Crippen LogP) is 2.48. The summed E-state index contributed by atoms with van der Waals surface area (Å²) in [6.07, 6.45) is 7.39. The molecule has 1 aromatic carbocycles. The van der Waals surface area contributed by atoms with E-state index in [9.17, 15) is 14.7 Å². The summed E-state index contributed by atoms with van der Waals surface area (Å²) < 4.78 is 6.14. The van der Waals surface area contributed by atoms with Crippen molar-refractivity contribution in [1.82, 2.24) is 19.7 Å². The molecule has 0 radical (unpaired) electrons. The SMILES string of the molecule is O=C(C[C@@H]1CCN2C[C@@H]1/C=C\COc1ccccc1CN(Cc1ccccn1)CC2=O)N1CC[C@@H](O)C1. The third kappa shape index (κ3) is 6.56. The lowest BCUT2D eigenvalue weighted by atomic mass is 9.82. The second-order valence-corrected chi connectivity index (χ2v) is 10.4. The first-order chi connectivity index (χ1) is 18.0. The zero-order valence-corrected chi connectivity index (χ0v) is 21.2. The van der Waals surface area contributed by atoms with Crippen LogP contribution in [-0.2, 0) is 22.7 Å². The monoisotopic (exact) mass is 504 g/mol. The van der Waals surface area contributed by atoms with Crippen molar-refractivity contribution >= 4 is 11.8 Å². The standard InChI is InChI=1S/C29H36N4O4/c34-26-11-14-33(20-26)28(35)16-22-10-13-32-18-23(22)7-5-15-37-27-9-2-1-6-24(27)17-31(21-29(32)36)19-25-8-3-4-12-30-25/h1-9,12,22-23,26,34H,10-11,13-21H2/b7-5-/t22-,23-,26+/m0/s1. The number of carbonyl (C=O) groups is 2. The first-order valence-corrected chi connectivity index (χ1v) is 13.3. The average molecular weight is 505 g/mol. The van der Waals surface area contributed by atoms with Crippen molar-refractivity contribution in [3.8, 4) is 5.75 Å². The fourth-order valence-electron chi connectivity index (χ4n) is 5.61. The van der Waals surface area contributed by atoms with Crippen LogP contribution in [-0.4, -0.2) is 82.0 Å². The maximum absolute atomic E-state index is 13.5. The number of fused-ring (bicyclic) bond motifs is 3. The number of amides is 2. The normalized spacial score (nSPS) is 25.9. The number of piperidine rings is 1. The Morgan fingerprint density at radius 3 is 2.73 bits per heavy atom. The van der Waals surface area contributed by atoms with Crippen LogP contribution in [0.3, 0.4) is 0 Å². The molecular weight excluding hydrogens is 468 g/mol. The van der Waals surface area contributed by atoms with Crippen molar-refractivity contribution in [2.24, 2.45) is 11.8 Å². The molecule has 0 unspecified atom stereocenters. The van der Waals surface area contributed by atoms with Gasteiger partial charge in [-0.1, -0.05) is 36.4 Å². The highest BCUT2D eigenvalue weighted by molar-refractivity contribution is 5.79. The van der Waals surface area contributed by atoms with Crippen molar-refractivity contribution in [3.63, 3.8) is 0 Å². The summed E-state index contributed by atoms with van der Waals surface area (Å²) in [5, 5.41) is 9.84. The first-order valence-electron chi connectivity index (χ1n) is 13.3. The van der Waals surface area contributed by atoms with Crippen LogP contribution in [0.15, 0.2) is 60.8 Å². The molecule has 3 aliphatic heterocycles. The fourth-order valence-corrected chi connectivity index (χ4v) is 5.61. The summed E-state index contributed by atoms with van der Waals surface area (Å²) in [6.45, 7) is 4.16. The molecule has 2 bridgehead atoms. The van der Waals surface area contributed by atoms with Gasteiger partial charge in [0.25, 0.3) is 0 Å². The Balaban J connectivity index is 1.34. The minimum Gasteiger partial charge on any atom is -0.489 e. The van der Waals surface area contributed by atoms with E-state index in [-0.39, 0.29) is 30.2 Å². The second-order valence-electron chi connectivity index (χ2n) is 10.4. The van der Waals surface area contributed by atoms with Crippen molar-refractivity contribution in [2.45, 2.75) is 38.5 Å². The number of ether oxygens (including phenoxy) is 1. The lowest BCUT2D eigenvalue weighted by molar-refractivity contribution is -0.136. The Kier molecular flexibility index (Phi) is 8.16. The Morgan fingerprint density at radius 1 is 1.05 bits per heavy atom. The van der Waals surface area contributed by atoms with Gasteiger partial charge in [-0.15, -0.1) is 0 Å². The van der Waals surface area contributed by atoms with Crippen molar-refractivity contribution < 1.29 is 19.4 Å². The Morgan fingerprint density at radius 2 is 1.92 bits per heavy atom. The number of rotatable bonds is 4. The number of nitrogens with zero attached hydrogens (tertiary/aromatic N) is 4. The van der Waals surface area contributed by atoms with Crippen LogP contribution in [0.4, 0.5) is 0 Å². The number of β-amino-alcohol motifs (C(OH)–C–C–N with tert-alkyl or cyclic N) is 1. The largest absolute Gasteiger partial charge is 0.489 e. The van der Waals surface area contributed by atoms with Gasteiger partial charge in [-0.2, -0.15) is 0 Å². The summed E-state index contributed by atoms with van der Waals surface area (Å²) in [5.41, 5.74) is 1.95. The highest BCUT2D eigenvalue weighted by Gasteiger charge is 2.34. The quantitative estimate of drug-likeness (QED) is 0.644. The molecule has 3 aliphatic rings. The minimum atomic E-state index is -0.414. The number of carbonyl (C=O) groups excluding carboxylic acids is 2. The molecule has 4 heterocycles. The molecule has 0 saturated carbocycles. The minimum absolute atomic E-state index is 0.0815. The molecule has 37 heavy (non-hydrogen) atoms. The third-order valence-electron chi connectivity index (χ3n) is 7.67. The zero-order valence-electron chi connectivity index (χ0n) is 21.2. The molecule has 3 atom stereocenters. The van der Waals surface area contributed by atoms with Gasteiger partial charge in [0.2, 0.25) is 11.8 Å². The lowest BCUT2D eigenvalue weighted by Crippen LogP contribution is -2.48. The van der Waals surface area contributed by atoms with E-state index in [2.05, 4.69) is 16.0 Å². The molecule has 8 heteroatoms. The fraction of sp³-hybridized carbons (Fsp3) is 0.483. The molecule has 2 fully saturated rings. The summed E-state index contributed by atoms with van der Waals surface area (Å²) >= 11 is 0. The summed E-state index contributed by atoms with van der Waals surface area (Å²) in [4.78, 5) is 36.8. The molecule has 5 rings (SSSR count). The maximum atomic E-state index is 13.5. The summed E-state index contributed by atoms with van der Waals surface area (Å²) in [5.74, 6) is 1.25. The van der Waals surface area contributed by atoms with E-state index in [1.54, 1.807) is 11.1 Å². The molecular formula is C29H36N4O4. The Hall–Kier alpha value is -3.23. The van der Waals surface area contributed by atoms with E-state index in [0.29, 0.717) is 58.7 Å². The summed E-state index contributed by atoms with van der Waals surface area (Å²) in [6, 6.07) is 13.8. The molecule has 2 aromatic rings. The van der Waals surface area contributed by atoms with E-state index in [4.69, 9.17) is 4.74 Å². The molecule has 8 nitrogen and oxygen atoms in total.